The fourth-order valence-corrected chi connectivity index (χ4v) is 2.21. The highest BCUT2D eigenvalue weighted by Gasteiger charge is 2.13. The van der Waals surface area contributed by atoms with Crippen molar-refractivity contribution in [2.24, 2.45) is 0 Å². The van der Waals surface area contributed by atoms with Gasteiger partial charge in [-0.3, -0.25) is 0 Å². The van der Waals surface area contributed by atoms with E-state index in [1.54, 1.807) is 12.1 Å². The summed E-state index contributed by atoms with van der Waals surface area (Å²) in [6, 6.07) is 12.4. The van der Waals surface area contributed by atoms with Gasteiger partial charge in [0, 0.05) is 17.6 Å². The second-order valence-corrected chi connectivity index (χ2v) is 6.63. The van der Waals surface area contributed by atoms with Crippen molar-refractivity contribution in [2.45, 2.75) is 45.9 Å². The van der Waals surface area contributed by atoms with Gasteiger partial charge in [0.1, 0.15) is 18.2 Å². The van der Waals surface area contributed by atoms with E-state index in [1.165, 1.54) is 11.6 Å². The molecule has 0 atom stereocenters. The number of hydrogen-bond acceptors (Lipinski definition) is 2. The zero-order valence-electron chi connectivity index (χ0n) is 13.8. The zero-order valence-corrected chi connectivity index (χ0v) is 14.6. The first kappa shape index (κ1) is 17.8. The van der Waals surface area contributed by atoms with Crippen LogP contribution < -0.4 is 10.1 Å². The summed E-state index contributed by atoms with van der Waals surface area (Å²) in [5.41, 5.74) is 1.68. The highest BCUT2D eigenvalue weighted by Crippen LogP contribution is 2.22. The van der Waals surface area contributed by atoms with E-state index in [1.807, 2.05) is 24.3 Å². The molecule has 0 fully saturated rings. The average molecular weight is 336 g/mol. The highest BCUT2D eigenvalue weighted by molar-refractivity contribution is 6.31. The summed E-state index contributed by atoms with van der Waals surface area (Å²) >= 11 is 5.99. The summed E-state index contributed by atoms with van der Waals surface area (Å²) in [5, 5.41) is 3.89. The van der Waals surface area contributed by atoms with Gasteiger partial charge in [-0.2, -0.15) is 0 Å². The molecule has 0 bridgehead atoms. The maximum atomic E-state index is 13.7. The Morgan fingerprint density at radius 3 is 2.43 bits per heavy atom. The highest BCUT2D eigenvalue weighted by atomic mass is 35.5. The molecule has 1 N–H and O–H groups in total. The fourth-order valence-electron chi connectivity index (χ4n) is 2.00. The first-order valence-corrected chi connectivity index (χ1v) is 8.19. The molecule has 0 aliphatic heterocycles. The largest absolute Gasteiger partial charge is 0.489 e. The Labute approximate surface area is 142 Å². The van der Waals surface area contributed by atoms with Gasteiger partial charge in [-0.15, -0.1) is 0 Å². The lowest BCUT2D eigenvalue weighted by molar-refractivity contribution is 0.300. The molecule has 0 spiro atoms. The van der Waals surface area contributed by atoms with Crippen molar-refractivity contribution in [3.8, 4) is 5.75 Å². The van der Waals surface area contributed by atoms with Gasteiger partial charge in [0.25, 0.3) is 0 Å². The quantitative estimate of drug-likeness (QED) is 0.737. The van der Waals surface area contributed by atoms with Crippen LogP contribution in [-0.2, 0) is 13.2 Å². The number of benzene rings is 2. The van der Waals surface area contributed by atoms with E-state index in [0.717, 1.165) is 13.0 Å². The van der Waals surface area contributed by atoms with E-state index in [2.05, 4.69) is 26.1 Å². The van der Waals surface area contributed by atoms with Gasteiger partial charge < -0.3 is 10.1 Å². The molecule has 0 aliphatic carbocycles. The van der Waals surface area contributed by atoms with E-state index in [0.29, 0.717) is 16.3 Å². The van der Waals surface area contributed by atoms with Crippen molar-refractivity contribution in [1.29, 1.82) is 0 Å². The summed E-state index contributed by atoms with van der Waals surface area (Å²) in [7, 11) is 0. The van der Waals surface area contributed by atoms with E-state index in [9.17, 15) is 4.39 Å². The third kappa shape index (κ3) is 5.22. The Hall–Kier alpha value is -1.58. The van der Waals surface area contributed by atoms with Crippen LogP contribution in [0.1, 0.15) is 38.3 Å². The number of ether oxygens (including phenoxy) is 1. The third-order valence-corrected chi connectivity index (χ3v) is 4.38. The van der Waals surface area contributed by atoms with Crippen LogP contribution >= 0.6 is 11.6 Å². The van der Waals surface area contributed by atoms with Crippen LogP contribution in [0.15, 0.2) is 42.5 Å². The molecule has 4 heteroatoms. The van der Waals surface area contributed by atoms with Crippen LogP contribution in [0, 0.1) is 5.82 Å². The third-order valence-electron chi connectivity index (χ3n) is 4.02. The molecule has 0 radical (unpaired) electrons. The Morgan fingerprint density at radius 1 is 1.13 bits per heavy atom. The molecule has 0 amide bonds. The van der Waals surface area contributed by atoms with Gasteiger partial charge in [-0.25, -0.2) is 4.39 Å². The first-order valence-electron chi connectivity index (χ1n) is 7.81. The molecule has 2 rings (SSSR count). The molecule has 2 aromatic carbocycles. The second kappa shape index (κ2) is 7.80. The summed E-state index contributed by atoms with van der Waals surface area (Å²) in [6.45, 7) is 7.45. The standard InChI is InChI=1S/C19H23ClFNO/c1-4-19(2,3)22-12-14-8-10-15(11-9-14)23-13-16-17(20)6-5-7-18(16)21/h5-11,22H,4,12-13H2,1-3H3. The van der Waals surface area contributed by atoms with Crippen molar-refractivity contribution >= 4 is 11.6 Å². The van der Waals surface area contributed by atoms with E-state index in [-0.39, 0.29) is 18.0 Å². The lowest BCUT2D eigenvalue weighted by Gasteiger charge is -2.24. The minimum atomic E-state index is -0.347. The summed E-state index contributed by atoms with van der Waals surface area (Å²) in [6.07, 6.45) is 1.07. The normalized spacial score (nSPS) is 11.5. The van der Waals surface area contributed by atoms with Crippen molar-refractivity contribution in [2.75, 3.05) is 0 Å². The molecular weight excluding hydrogens is 313 g/mol. The predicted octanol–water partition coefficient (Wildman–Crippen LogP) is 5.34. The van der Waals surface area contributed by atoms with Gasteiger partial charge >= 0.3 is 0 Å². The maximum Gasteiger partial charge on any atom is 0.131 e. The number of halogens is 2. The Balaban J connectivity index is 1.93. The van der Waals surface area contributed by atoms with Crippen LogP contribution in [0.5, 0.6) is 5.75 Å². The predicted molar refractivity (Wildman–Crippen MR) is 93.4 cm³/mol. The summed E-state index contributed by atoms with van der Waals surface area (Å²) in [4.78, 5) is 0. The molecule has 0 saturated heterocycles. The molecule has 2 nitrogen and oxygen atoms in total. The Kier molecular flexibility index (Phi) is 6.03. The molecule has 0 heterocycles. The fraction of sp³-hybridized carbons (Fsp3) is 0.368. The smallest absolute Gasteiger partial charge is 0.131 e. The molecule has 23 heavy (non-hydrogen) atoms. The molecule has 0 unspecified atom stereocenters. The molecule has 0 saturated carbocycles. The Bertz CT molecular complexity index is 620. The summed E-state index contributed by atoms with van der Waals surface area (Å²) < 4.78 is 19.3. The van der Waals surface area contributed by atoms with Gasteiger partial charge in [0.2, 0.25) is 0 Å². The van der Waals surface area contributed by atoms with Crippen LogP contribution in [0.4, 0.5) is 4.39 Å². The second-order valence-electron chi connectivity index (χ2n) is 6.22. The Morgan fingerprint density at radius 2 is 1.83 bits per heavy atom. The molecule has 0 aromatic heterocycles. The van der Waals surface area contributed by atoms with Gasteiger partial charge in [-0.1, -0.05) is 36.7 Å². The van der Waals surface area contributed by atoms with Crippen molar-refractivity contribution in [3.05, 3.63) is 64.4 Å². The van der Waals surface area contributed by atoms with Crippen LogP contribution in [0.25, 0.3) is 0 Å². The number of hydrogen-bond donors (Lipinski definition) is 1. The van der Waals surface area contributed by atoms with Gasteiger partial charge in [0.15, 0.2) is 0 Å². The van der Waals surface area contributed by atoms with Crippen molar-refractivity contribution in [1.82, 2.24) is 5.32 Å². The van der Waals surface area contributed by atoms with E-state index >= 15 is 0 Å². The maximum absolute atomic E-state index is 13.7. The van der Waals surface area contributed by atoms with Gasteiger partial charge in [0.05, 0.1) is 5.02 Å². The van der Waals surface area contributed by atoms with Crippen LogP contribution in [-0.4, -0.2) is 5.54 Å². The number of nitrogens with one attached hydrogen (secondary N) is 1. The van der Waals surface area contributed by atoms with E-state index < -0.39 is 0 Å². The number of rotatable bonds is 7. The lowest BCUT2D eigenvalue weighted by Crippen LogP contribution is -2.37. The SMILES string of the molecule is CCC(C)(C)NCc1ccc(OCc2c(F)cccc2Cl)cc1. The molecule has 124 valence electrons. The molecular formula is C19H23ClFNO. The van der Waals surface area contributed by atoms with E-state index in [4.69, 9.17) is 16.3 Å². The lowest BCUT2D eigenvalue weighted by atomic mass is 10.0. The van der Waals surface area contributed by atoms with Crippen LogP contribution in [0.3, 0.4) is 0 Å². The van der Waals surface area contributed by atoms with Crippen molar-refractivity contribution < 1.29 is 9.13 Å². The monoisotopic (exact) mass is 335 g/mol. The van der Waals surface area contributed by atoms with Gasteiger partial charge in [-0.05, 0) is 50.1 Å². The summed E-state index contributed by atoms with van der Waals surface area (Å²) in [5.74, 6) is 0.350. The van der Waals surface area contributed by atoms with Crippen LogP contribution in [0.2, 0.25) is 5.02 Å². The molecule has 0 aliphatic rings. The minimum Gasteiger partial charge on any atom is -0.489 e. The average Bonchev–Trinajstić information content (AvgIpc) is 2.54. The first-order chi connectivity index (χ1) is 10.9. The van der Waals surface area contributed by atoms with Crippen molar-refractivity contribution in [3.63, 3.8) is 0 Å². The topological polar surface area (TPSA) is 21.3 Å². The molecule has 2 aromatic rings. The zero-order chi connectivity index (χ0) is 16.9. The minimum absolute atomic E-state index is 0.117.